The monoisotopic (exact) mass is 511 g/mol. The zero-order valence-electron chi connectivity index (χ0n) is 17.2. The molecule has 12 heteroatoms. The van der Waals surface area contributed by atoms with Gasteiger partial charge in [-0.15, -0.1) is 0 Å². The van der Waals surface area contributed by atoms with Crippen molar-refractivity contribution in [2.75, 3.05) is 27.1 Å². The number of hydrogen-bond acceptors (Lipinski definition) is 5. The molecule has 0 atom stereocenters. The van der Waals surface area contributed by atoms with Gasteiger partial charge in [0.05, 0.1) is 27.5 Å². The van der Waals surface area contributed by atoms with Crippen LogP contribution in [0.1, 0.15) is 0 Å². The van der Waals surface area contributed by atoms with E-state index in [1.54, 1.807) is 18.2 Å². The standard InChI is InChI=1S/C21H19ClFN3O5S2/c1-32(28,29)26(17-6-4-5-15(23)13-17)14-21(27)24-16-9-11-18(12-10-16)33(30,31)25-20-8-3-2-7-19(20)22/h2-13,25H,14H2,1H3,(H,24,27). The number of carbonyl (C=O) groups excluding carboxylic acids is 1. The van der Waals surface area contributed by atoms with Crippen molar-refractivity contribution in [1.82, 2.24) is 0 Å². The fourth-order valence-electron chi connectivity index (χ4n) is 2.83. The number of sulfonamides is 2. The van der Waals surface area contributed by atoms with E-state index in [1.807, 2.05) is 0 Å². The van der Waals surface area contributed by atoms with Crippen LogP contribution in [0.15, 0.2) is 77.7 Å². The van der Waals surface area contributed by atoms with Crippen LogP contribution in [0.25, 0.3) is 0 Å². The van der Waals surface area contributed by atoms with Gasteiger partial charge in [-0.05, 0) is 54.6 Å². The van der Waals surface area contributed by atoms with Gasteiger partial charge in [-0.1, -0.05) is 29.8 Å². The van der Waals surface area contributed by atoms with Gasteiger partial charge in [0.15, 0.2) is 0 Å². The number of para-hydroxylation sites is 1. The van der Waals surface area contributed by atoms with Crippen LogP contribution in [0.3, 0.4) is 0 Å². The number of anilines is 3. The summed E-state index contributed by atoms with van der Waals surface area (Å²) in [4.78, 5) is 12.4. The first-order valence-electron chi connectivity index (χ1n) is 9.36. The summed E-state index contributed by atoms with van der Waals surface area (Å²) in [5, 5.41) is 2.73. The molecule has 1 amide bonds. The number of benzene rings is 3. The Morgan fingerprint density at radius 1 is 0.970 bits per heavy atom. The van der Waals surface area contributed by atoms with Crippen molar-refractivity contribution >= 4 is 54.6 Å². The van der Waals surface area contributed by atoms with E-state index in [0.29, 0.717) is 0 Å². The summed E-state index contributed by atoms with van der Waals surface area (Å²) in [6.45, 7) is -0.601. The fourth-order valence-corrected chi connectivity index (χ4v) is 4.99. The molecule has 0 spiro atoms. The molecular weight excluding hydrogens is 493 g/mol. The highest BCUT2D eigenvalue weighted by atomic mass is 35.5. The lowest BCUT2D eigenvalue weighted by Crippen LogP contribution is -2.37. The average Bonchev–Trinajstić information content (AvgIpc) is 2.73. The zero-order valence-corrected chi connectivity index (χ0v) is 19.6. The van der Waals surface area contributed by atoms with Gasteiger partial charge >= 0.3 is 0 Å². The Balaban J connectivity index is 1.72. The Hall–Kier alpha value is -3.15. The van der Waals surface area contributed by atoms with E-state index in [1.165, 1.54) is 42.5 Å². The highest BCUT2D eigenvalue weighted by Crippen LogP contribution is 2.25. The van der Waals surface area contributed by atoms with Crippen LogP contribution in [0.5, 0.6) is 0 Å². The van der Waals surface area contributed by atoms with E-state index in [2.05, 4.69) is 10.0 Å². The van der Waals surface area contributed by atoms with Gasteiger partial charge in [-0.25, -0.2) is 21.2 Å². The second kappa shape index (κ2) is 9.77. The zero-order chi connectivity index (χ0) is 24.2. The Labute approximate surface area is 196 Å². The van der Waals surface area contributed by atoms with Gasteiger partial charge < -0.3 is 5.32 Å². The molecule has 174 valence electrons. The Kier molecular flexibility index (Phi) is 7.25. The summed E-state index contributed by atoms with van der Waals surface area (Å²) in [6, 6.07) is 16.5. The van der Waals surface area contributed by atoms with Crippen molar-refractivity contribution in [3.05, 3.63) is 83.6 Å². The number of halogens is 2. The van der Waals surface area contributed by atoms with Crippen LogP contribution < -0.4 is 14.3 Å². The van der Waals surface area contributed by atoms with Gasteiger partial charge in [-0.3, -0.25) is 13.8 Å². The largest absolute Gasteiger partial charge is 0.325 e. The molecule has 8 nitrogen and oxygen atoms in total. The molecular formula is C21H19ClFN3O5S2. The van der Waals surface area contributed by atoms with Gasteiger partial charge in [0.2, 0.25) is 15.9 Å². The quantitative estimate of drug-likeness (QED) is 0.479. The van der Waals surface area contributed by atoms with Crippen LogP contribution in [-0.2, 0) is 24.8 Å². The van der Waals surface area contributed by atoms with E-state index in [-0.39, 0.29) is 27.0 Å². The number of hydrogen-bond donors (Lipinski definition) is 2. The predicted molar refractivity (Wildman–Crippen MR) is 126 cm³/mol. The van der Waals surface area contributed by atoms with Gasteiger partial charge in [-0.2, -0.15) is 0 Å². The van der Waals surface area contributed by atoms with E-state index in [0.717, 1.165) is 22.7 Å². The molecule has 3 aromatic carbocycles. The summed E-state index contributed by atoms with van der Waals surface area (Å²) in [5.41, 5.74) is 0.457. The van der Waals surface area contributed by atoms with Crippen LogP contribution in [0.4, 0.5) is 21.5 Å². The fraction of sp³-hybridized carbons (Fsp3) is 0.0952. The number of carbonyl (C=O) groups is 1. The molecule has 33 heavy (non-hydrogen) atoms. The third kappa shape index (κ3) is 6.44. The third-order valence-corrected chi connectivity index (χ3v) is 7.20. The Bertz CT molecular complexity index is 1380. The van der Waals surface area contributed by atoms with Crippen LogP contribution in [0.2, 0.25) is 5.02 Å². The minimum atomic E-state index is -3.93. The maximum atomic E-state index is 13.5. The summed E-state index contributed by atoms with van der Waals surface area (Å²) in [6.07, 6.45) is 0.900. The molecule has 0 saturated carbocycles. The van der Waals surface area contributed by atoms with Crippen LogP contribution in [0, 0.1) is 5.82 Å². The SMILES string of the molecule is CS(=O)(=O)N(CC(=O)Nc1ccc(S(=O)(=O)Nc2ccccc2Cl)cc1)c1cccc(F)c1. The van der Waals surface area contributed by atoms with Crippen molar-refractivity contribution in [3.63, 3.8) is 0 Å². The number of rotatable bonds is 8. The normalized spacial score (nSPS) is 11.6. The van der Waals surface area contributed by atoms with Crippen molar-refractivity contribution in [1.29, 1.82) is 0 Å². The smallest absolute Gasteiger partial charge is 0.261 e. The lowest BCUT2D eigenvalue weighted by molar-refractivity contribution is -0.114. The molecule has 0 radical (unpaired) electrons. The first-order chi connectivity index (χ1) is 15.5. The average molecular weight is 512 g/mol. The second-order valence-corrected chi connectivity index (χ2v) is 10.9. The summed E-state index contributed by atoms with van der Waals surface area (Å²) in [5.74, 6) is -1.35. The van der Waals surface area contributed by atoms with E-state index >= 15 is 0 Å². The molecule has 3 rings (SSSR count). The van der Waals surface area contributed by atoms with Crippen molar-refractivity contribution < 1.29 is 26.0 Å². The van der Waals surface area contributed by atoms with Crippen molar-refractivity contribution in [3.8, 4) is 0 Å². The van der Waals surface area contributed by atoms with Crippen LogP contribution >= 0.6 is 11.6 Å². The van der Waals surface area contributed by atoms with Crippen LogP contribution in [-0.4, -0.2) is 35.5 Å². The molecule has 0 aliphatic heterocycles. The maximum Gasteiger partial charge on any atom is 0.261 e. The number of amides is 1. The highest BCUT2D eigenvalue weighted by molar-refractivity contribution is 7.92. The topological polar surface area (TPSA) is 113 Å². The Morgan fingerprint density at radius 3 is 2.24 bits per heavy atom. The van der Waals surface area contributed by atoms with Crippen molar-refractivity contribution in [2.45, 2.75) is 4.90 Å². The predicted octanol–water partition coefficient (Wildman–Crippen LogP) is 3.68. The second-order valence-electron chi connectivity index (χ2n) is 6.91. The minimum Gasteiger partial charge on any atom is -0.325 e. The molecule has 0 fully saturated rings. The molecule has 2 N–H and O–H groups in total. The highest BCUT2D eigenvalue weighted by Gasteiger charge is 2.22. The van der Waals surface area contributed by atoms with Crippen molar-refractivity contribution in [2.24, 2.45) is 0 Å². The first kappa shape index (κ1) is 24.5. The lowest BCUT2D eigenvalue weighted by atomic mass is 10.3. The van der Waals surface area contributed by atoms with Gasteiger partial charge in [0, 0.05) is 5.69 Å². The molecule has 0 aliphatic carbocycles. The minimum absolute atomic E-state index is 0.000242. The maximum absolute atomic E-state index is 13.5. The molecule has 0 saturated heterocycles. The first-order valence-corrected chi connectivity index (χ1v) is 13.1. The summed E-state index contributed by atoms with van der Waals surface area (Å²) < 4.78 is 66.0. The molecule has 0 aliphatic rings. The summed E-state index contributed by atoms with van der Waals surface area (Å²) >= 11 is 5.98. The third-order valence-electron chi connectivity index (χ3n) is 4.35. The molecule has 0 bridgehead atoms. The molecule has 0 unspecified atom stereocenters. The van der Waals surface area contributed by atoms with Gasteiger partial charge in [0.25, 0.3) is 10.0 Å². The van der Waals surface area contributed by atoms with E-state index in [9.17, 15) is 26.0 Å². The molecule has 0 aromatic heterocycles. The Morgan fingerprint density at radius 2 is 1.64 bits per heavy atom. The van der Waals surface area contributed by atoms with E-state index in [4.69, 9.17) is 11.6 Å². The van der Waals surface area contributed by atoms with E-state index < -0.39 is 38.3 Å². The summed E-state index contributed by atoms with van der Waals surface area (Å²) in [7, 11) is -7.80. The number of nitrogens with one attached hydrogen (secondary N) is 2. The molecule has 0 heterocycles. The lowest BCUT2D eigenvalue weighted by Gasteiger charge is -2.22. The molecule has 3 aromatic rings. The number of nitrogens with zero attached hydrogens (tertiary/aromatic N) is 1. The van der Waals surface area contributed by atoms with Gasteiger partial charge in [0.1, 0.15) is 12.4 Å².